The monoisotopic (exact) mass is 459 g/mol. The predicted octanol–water partition coefficient (Wildman–Crippen LogP) is 3.04. The lowest BCUT2D eigenvalue weighted by atomic mass is 10.3. The number of hydrogen-bond donors (Lipinski definition) is 1. The Morgan fingerprint density at radius 3 is 2.38 bits per heavy atom. The van der Waals surface area contributed by atoms with Gasteiger partial charge in [0, 0.05) is 17.2 Å². The van der Waals surface area contributed by atoms with E-state index in [0.29, 0.717) is 27.2 Å². The van der Waals surface area contributed by atoms with E-state index in [2.05, 4.69) is 37.2 Å². The van der Waals surface area contributed by atoms with Crippen molar-refractivity contribution in [1.29, 1.82) is 0 Å². The molecule has 9 heteroatoms. The maximum atomic E-state index is 11.6. The zero-order chi connectivity index (χ0) is 15.6. The molecule has 1 aliphatic carbocycles. The molecular weight excluding hydrogens is 449 g/mol. The molecule has 116 valence electrons. The van der Waals surface area contributed by atoms with Crippen LogP contribution < -0.4 is 10.1 Å². The van der Waals surface area contributed by atoms with Gasteiger partial charge in [0.1, 0.15) is 5.75 Å². The highest BCUT2D eigenvalue weighted by Gasteiger charge is 2.22. The standard InChI is InChI=1S/C12H12Br2ClNO4S/c13-9-3-8(21(15,18)19)4-10(14)12(9)20-6-11(17)16-5-7-1-2-7/h3-4,7H,1-2,5-6H2,(H,16,17). The Morgan fingerprint density at radius 1 is 1.33 bits per heavy atom. The lowest BCUT2D eigenvalue weighted by Gasteiger charge is -2.11. The van der Waals surface area contributed by atoms with Gasteiger partial charge in [-0.25, -0.2) is 8.42 Å². The summed E-state index contributed by atoms with van der Waals surface area (Å²) in [5.41, 5.74) is 0. The number of carbonyl (C=O) groups is 1. The van der Waals surface area contributed by atoms with E-state index in [9.17, 15) is 13.2 Å². The van der Waals surface area contributed by atoms with E-state index in [0.717, 1.165) is 12.8 Å². The lowest BCUT2D eigenvalue weighted by molar-refractivity contribution is -0.123. The van der Waals surface area contributed by atoms with Crippen molar-refractivity contribution in [2.24, 2.45) is 5.92 Å². The Labute approximate surface area is 144 Å². The van der Waals surface area contributed by atoms with E-state index in [4.69, 9.17) is 15.4 Å². The van der Waals surface area contributed by atoms with E-state index in [-0.39, 0.29) is 17.4 Å². The molecule has 1 aromatic carbocycles. The molecular formula is C12H12Br2ClNO4S. The molecule has 0 aliphatic heterocycles. The fraction of sp³-hybridized carbons (Fsp3) is 0.417. The lowest BCUT2D eigenvalue weighted by Crippen LogP contribution is -2.30. The molecule has 0 spiro atoms. The highest BCUT2D eigenvalue weighted by molar-refractivity contribution is 9.11. The molecule has 1 N–H and O–H groups in total. The minimum atomic E-state index is -3.83. The molecule has 0 aromatic heterocycles. The van der Waals surface area contributed by atoms with Gasteiger partial charge in [-0.2, -0.15) is 0 Å². The first-order valence-electron chi connectivity index (χ1n) is 6.10. The van der Waals surface area contributed by atoms with Crippen LogP contribution in [0.25, 0.3) is 0 Å². The summed E-state index contributed by atoms with van der Waals surface area (Å²) in [7, 11) is 1.46. The zero-order valence-corrected chi connectivity index (χ0v) is 15.5. The van der Waals surface area contributed by atoms with E-state index >= 15 is 0 Å². The number of carbonyl (C=O) groups excluding carboxylic acids is 1. The second kappa shape index (κ2) is 6.85. The van der Waals surface area contributed by atoms with Gasteiger partial charge in [0.25, 0.3) is 15.0 Å². The molecule has 1 aromatic rings. The van der Waals surface area contributed by atoms with Gasteiger partial charge in [-0.1, -0.05) is 0 Å². The number of ether oxygens (including phenoxy) is 1. The second-order valence-electron chi connectivity index (χ2n) is 4.69. The summed E-state index contributed by atoms with van der Waals surface area (Å²) in [5, 5.41) is 2.78. The van der Waals surface area contributed by atoms with Crippen LogP contribution in [-0.4, -0.2) is 27.5 Å². The first kappa shape index (κ1) is 17.1. The summed E-state index contributed by atoms with van der Waals surface area (Å²) in [6.45, 7) is 0.533. The van der Waals surface area contributed by atoms with E-state index in [1.807, 2.05) is 0 Å². The van der Waals surface area contributed by atoms with Gasteiger partial charge >= 0.3 is 0 Å². The third-order valence-corrected chi connectivity index (χ3v) is 5.40. The summed E-state index contributed by atoms with van der Waals surface area (Å²) in [6, 6.07) is 2.65. The van der Waals surface area contributed by atoms with Crippen molar-refractivity contribution < 1.29 is 17.9 Å². The van der Waals surface area contributed by atoms with Crippen LogP contribution in [0.2, 0.25) is 0 Å². The summed E-state index contributed by atoms with van der Waals surface area (Å²) in [4.78, 5) is 11.6. The van der Waals surface area contributed by atoms with Crippen LogP contribution in [0.3, 0.4) is 0 Å². The fourth-order valence-electron chi connectivity index (χ4n) is 1.58. The highest BCUT2D eigenvalue weighted by atomic mass is 79.9. The summed E-state index contributed by atoms with van der Waals surface area (Å²) >= 11 is 6.41. The van der Waals surface area contributed by atoms with Gasteiger partial charge in [-0.3, -0.25) is 4.79 Å². The molecule has 0 radical (unpaired) electrons. The van der Waals surface area contributed by atoms with E-state index in [1.54, 1.807) is 0 Å². The Balaban J connectivity index is 2.01. The SMILES string of the molecule is O=C(COc1c(Br)cc(S(=O)(=O)Cl)cc1Br)NCC1CC1. The molecule has 5 nitrogen and oxygen atoms in total. The van der Waals surface area contributed by atoms with Gasteiger partial charge < -0.3 is 10.1 Å². The fourth-order valence-corrected chi connectivity index (χ4v) is 4.09. The Bertz CT molecular complexity index is 638. The van der Waals surface area contributed by atoms with Crippen molar-refractivity contribution in [3.63, 3.8) is 0 Å². The average molecular weight is 462 g/mol. The van der Waals surface area contributed by atoms with Gasteiger partial charge in [-0.15, -0.1) is 0 Å². The van der Waals surface area contributed by atoms with Crippen LogP contribution in [0.4, 0.5) is 0 Å². The minimum absolute atomic E-state index is 0.0616. The molecule has 1 fully saturated rings. The van der Waals surface area contributed by atoms with Crippen molar-refractivity contribution in [3.8, 4) is 5.75 Å². The Hall–Kier alpha value is -0.310. The topological polar surface area (TPSA) is 72.5 Å². The maximum Gasteiger partial charge on any atom is 0.261 e. The van der Waals surface area contributed by atoms with Crippen LogP contribution in [-0.2, 0) is 13.8 Å². The minimum Gasteiger partial charge on any atom is -0.481 e. The number of benzene rings is 1. The van der Waals surface area contributed by atoms with Crippen molar-refractivity contribution in [2.75, 3.05) is 13.2 Å². The van der Waals surface area contributed by atoms with Crippen molar-refractivity contribution >= 4 is 57.5 Å². The van der Waals surface area contributed by atoms with Gasteiger partial charge in [0.15, 0.2) is 6.61 Å². The molecule has 2 rings (SSSR count). The number of hydrogen-bond acceptors (Lipinski definition) is 4. The summed E-state index contributed by atoms with van der Waals surface area (Å²) in [6.07, 6.45) is 2.32. The number of nitrogens with one attached hydrogen (secondary N) is 1. The highest BCUT2D eigenvalue weighted by Crippen LogP contribution is 2.36. The Kier molecular flexibility index (Phi) is 5.56. The first-order valence-corrected chi connectivity index (χ1v) is 10.00. The molecule has 1 amide bonds. The molecule has 1 aliphatic rings. The van der Waals surface area contributed by atoms with E-state index in [1.165, 1.54) is 12.1 Å². The summed E-state index contributed by atoms with van der Waals surface area (Å²) in [5.74, 6) is 0.732. The Morgan fingerprint density at radius 2 is 1.90 bits per heavy atom. The maximum absolute atomic E-state index is 11.6. The normalized spacial score (nSPS) is 14.8. The van der Waals surface area contributed by atoms with Crippen LogP contribution in [0.1, 0.15) is 12.8 Å². The van der Waals surface area contributed by atoms with E-state index < -0.39 is 9.05 Å². The molecule has 0 heterocycles. The average Bonchev–Trinajstić information content (AvgIpc) is 3.18. The van der Waals surface area contributed by atoms with Crippen molar-refractivity contribution in [2.45, 2.75) is 17.7 Å². The predicted molar refractivity (Wildman–Crippen MR) is 86.1 cm³/mol. The van der Waals surface area contributed by atoms with Crippen LogP contribution >= 0.6 is 42.5 Å². The van der Waals surface area contributed by atoms with Crippen molar-refractivity contribution in [3.05, 3.63) is 21.1 Å². The van der Waals surface area contributed by atoms with Crippen LogP contribution in [0, 0.1) is 5.92 Å². The van der Waals surface area contributed by atoms with Crippen LogP contribution in [0.15, 0.2) is 26.0 Å². The third-order valence-electron chi connectivity index (χ3n) is 2.89. The van der Waals surface area contributed by atoms with Crippen molar-refractivity contribution in [1.82, 2.24) is 5.32 Å². The second-order valence-corrected chi connectivity index (χ2v) is 8.96. The quantitative estimate of drug-likeness (QED) is 0.661. The largest absolute Gasteiger partial charge is 0.481 e. The molecule has 0 saturated heterocycles. The molecule has 1 saturated carbocycles. The molecule has 0 atom stereocenters. The molecule has 0 unspecified atom stereocenters. The number of amides is 1. The smallest absolute Gasteiger partial charge is 0.261 e. The van der Waals surface area contributed by atoms with Crippen LogP contribution in [0.5, 0.6) is 5.75 Å². The third kappa shape index (κ3) is 5.12. The molecule has 21 heavy (non-hydrogen) atoms. The molecule has 0 bridgehead atoms. The van der Waals surface area contributed by atoms with Gasteiger partial charge in [0.05, 0.1) is 13.8 Å². The van der Waals surface area contributed by atoms with Gasteiger partial charge in [0.2, 0.25) is 0 Å². The van der Waals surface area contributed by atoms with Gasteiger partial charge in [-0.05, 0) is 62.8 Å². The first-order chi connectivity index (χ1) is 9.77. The zero-order valence-electron chi connectivity index (χ0n) is 10.7. The number of rotatable bonds is 6. The number of halogens is 3. The summed E-state index contributed by atoms with van der Waals surface area (Å²) < 4.78 is 28.8.